The van der Waals surface area contributed by atoms with Crippen LogP contribution in [0, 0.1) is 6.92 Å². The quantitative estimate of drug-likeness (QED) is 0.522. The van der Waals surface area contributed by atoms with Gasteiger partial charge in [-0.25, -0.2) is 4.79 Å². The van der Waals surface area contributed by atoms with Crippen LogP contribution in [0.15, 0.2) is 80.5 Å². The molecule has 7 nitrogen and oxygen atoms in total. The summed E-state index contributed by atoms with van der Waals surface area (Å²) in [6.07, 6.45) is 2.25. The van der Waals surface area contributed by atoms with Crippen LogP contribution in [0.3, 0.4) is 0 Å². The highest BCUT2D eigenvalue weighted by Gasteiger charge is 2.42. The minimum absolute atomic E-state index is 0.0150. The predicted octanol–water partition coefficient (Wildman–Crippen LogP) is 4.70. The first-order chi connectivity index (χ1) is 17.7. The molecule has 0 unspecified atom stereocenters. The maximum atomic E-state index is 13.7. The number of fused-ring (bicyclic) bond motifs is 1. The minimum atomic E-state index is -0.866. The zero-order valence-corrected chi connectivity index (χ0v) is 21.7. The van der Waals surface area contributed by atoms with Crippen molar-refractivity contribution in [3.05, 3.63) is 98.2 Å². The second-order valence-corrected chi connectivity index (χ2v) is 10.0. The molecule has 5 rings (SSSR count). The van der Waals surface area contributed by atoms with Gasteiger partial charge in [-0.05, 0) is 56.0 Å². The summed E-state index contributed by atoms with van der Waals surface area (Å²) in [4.78, 5) is 42.4. The van der Waals surface area contributed by atoms with Gasteiger partial charge in [-0.3, -0.25) is 9.59 Å². The summed E-state index contributed by atoms with van der Waals surface area (Å²) in [5.74, 6) is -1.56. The minimum Gasteiger partial charge on any atom is -0.466 e. The third-order valence-corrected chi connectivity index (χ3v) is 7.38. The molecule has 0 fully saturated rings. The van der Waals surface area contributed by atoms with Crippen LogP contribution >= 0.6 is 0 Å². The first-order valence-corrected chi connectivity index (χ1v) is 12.3. The molecule has 0 amide bonds. The number of benzene rings is 2. The molecule has 1 aromatic heterocycles. The molecule has 0 radical (unpaired) electrons. The van der Waals surface area contributed by atoms with E-state index in [-0.39, 0.29) is 34.7 Å². The Labute approximate surface area is 215 Å². The number of carbonyl (C=O) groups is 2. The molecule has 0 bridgehead atoms. The largest absolute Gasteiger partial charge is 0.466 e. The monoisotopic (exact) mass is 498 g/mol. The van der Waals surface area contributed by atoms with Crippen LogP contribution in [0.5, 0.6) is 0 Å². The van der Waals surface area contributed by atoms with Crippen LogP contribution in [0.2, 0.25) is 0 Å². The van der Waals surface area contributed by atoms with E-state index in [0.717, 1.165) is 22.5 Å². The highest BCUT2D eigenvalue weighted by atomic mass is 16.5. The molecule has 0 saturated carbocycles. The van der Waals surface area contributed by atoms with Crippen molar-refractivity contribution in [3.63, 3.8) is 0 Å². The molecule has 190 valence electrons. The van der Waals surface area contributed by atoms with Crippen molar-refractivity contribution in [1.82, 2.24) is 5.32 Å². The van der Waals surface area contributed by atoms with Crippen LogP contribution in [0.1, 0.15) is 48.3 Å². The van der Waals surface area contributed by atoms with E-state index in [0.29, 0.717) is 28.7 Å². The van der Waals surface area contributed by atoms with Crippen molar-refractivity contribution in [1.29, 1.82) is 0 Å². The number of esters is 1. The molecule has 2 heterocycles. The maximum Gasteiger partial charge on any atom is 0.336 e. The first-order valence-electron chi connectivity index (χ1n) is 12.3. The lowest BCUT2D eigenvalue weighted by molar-refractivity contribution is -0.136. The van der Waals surface area contributed by atoms with Gasteiger partial charge in [0.25, 0.3) is 0 Å². The summed E-state index contributed by atoms with van der Waals surface area (Å²) in [5.41, 5.74) is 5.52. The van der Waals surface area contributed by atoms with Crippen molar-refractivity contribution >= 4 is 28.4 Å². The van der Waals surface area contributed by atoms with E-state index in [1.165, 1.54) is 13.4 Å². The molecule has 3 aromatic rings. The Morgan fingerprint density at radius 2 is 1.78 bits per heavy atom. The van der Waals surface area contributed by atoms with Crippen LogP contribution < -0.4 is 15.6 Å². The lowest BCUT2D eigenvalue weighted by Crippen LogP contribution is -2.37. The first kappa shape index (κ1) is 24.6. The van der Waals surface area contributed by atoms with Crippen LogP contribution in [0.25, 0.3) is 11.0 Å². The molecule has 0 spiro atoms. The molecule has 37 heavy (non-hydrogen) atoms. The number of nitrogens with one attached hydrogen (secondary N) is 1. The number of dihydropyridines is 1. The number of ether oxygens (including phenoxy) is 1. The van der Waals surface area contributed by atoms with E-state index in [1.807, 2.05) is 44.1 Å². The normalized spacial score (nSPS) is 19.5. The second-order valence-electron chi connectivity index (χ2n) is 10.0. The Morgan fingerprint density at radius 3 is 2.46 bits per heavy atom. The third kappa shape index (κ3) is 4.24. The number of aryl methyl sites for hydroxylation is 1. The molecular formula is C30H30N2O5. The van der Waals surface area contributed by atoms with Crippen LogP contribution in [0.4, 0.5) is 5.69 Å². The van der Waals surface area contributed by atoms with Crippen molar-refractivity contribution in [2.24, 2.45) is 0 Å². The number of hydrogen-bond acceptors (Lipinski definition) is 7. The average molecular weight is 499 g/mol. The topological polar surface area (TPSA) is 88.8 Å². The highest BCUT2D eigenvalue weighted by molar-refractivity contribution is 6.04. The zero-order valence-electron chi connectivity index (χ0n) is 21.7. The Bertz CT molecular complexity index is 1540. The summed E-state index contributed by atoms with van der Waals surface area (Å²) < 4.78 is 10.9. The summed E-state index contributed by atoms with van der Waals surface area (Å²) >= 11 is 0. The zero-order chi connectivity index (χ0) is 26.4. The molecular weight excluding hydrogens is 468 g/mol. The number of anilines is 1. The SMILES string of the molecule is COC(=O)C1=C(C)NC2=C(C(=O)C[C@H](c3ccc(N(C)C)cc3)C2)[C@H]1c1coc2ccc(C)cc2c1=O. The van der Waals surface area contributed by atoms with Gasteiger partial charge in [0.1, 0.15) is 5.58 Å². The number of hydrogen-bond donors (Lipinski definition) is 1. The Kier molecular flexibility index (Phi) is 6.23. The highest BCUT2D eigenvalue weighted by Crippen LogP contribution is 2.45. The fraction of sp³-hybridized carbons (Fsp3) is 0.300. The molecule has 2 atom stereocenters. The van der Waals surface area contributed by atoms with Gasteiger partial charge in [-0.2, -0.15) is 0 Å². The van der Waals surface area contributed by atoms with Gasteiger partial charge in [0, 0.05) is 48.7 Å². The van der Waals surface area contributed by atoms with Crippen molar-refractivity contribution in [3.8, 4) is 0 Å². The van der Waals surface area contributed by atoms with Gasteiger partial charge >= 0.3 is 5.97 Å². The molecule has 1 N–H and O–H groups in total. The second kappa shape index (κ2) is 9.39. The van der Waals surface area contributed by atoms with Gasteiger partial charge in [-0.1, -0.05) is 23.8 Å². The van der Waals surface area contributed by atoms with Gasteiger partial charge in [0.15, 0.2) is 11.2 Å². The predicted molar refractivity (Wildman–Crippen MR) is 143 cm³/mol. The molecule has 2 aromatic carbocycles. The molecule has 1 aliphatic heterocycles. The van der Waals surface area contributed by atoms with Gasteiger partial charge in [-0.15, -0.1) is 0 Å². The lowest BCUT2D eigenvalue weighted by Gasteiger charge is -2.36. The van der Waals surface area contributed by atoms with E-state index in [9.17, 15) is 14.4 Å². The number of Topliss-reactive ketones (excluding diaryl/α,β-unsaturated/α-hetero) is 1. The number of nitrogens with zero attached hydrogens (tertiary/aromatic N) is 1. The Hall–Kier alpha value is -4.13. The van der Waals surface area contributed by atoms with E-state index in [4.69, 9.17) is 9.15 Å². The number of allylic oxidation sites excluding steroid dienone is 3. The number of methoxy groups -OCH3 is 1. The summed E-state index contributed by atoms with van der Waals surface area (Å²) in [6.45, 7) is 3.67. The van der Waals surface area contributed by atoms with Gasteiger partial charge in [0.05, 0.1) is 30.3 Å². The lowest BCUT2D eigenvalue weighted by atomic mass is 9.72. The van der Waals surface area contributed by atoms with Gasteiger partial charge < -0.3 is 19.4 Å². The summed E-state index contributed by atoms with van der Waals surface area (Å²) in [5, 5.41) is 3.72. The fourth-order valence-corrected chi connectivity index (χ4v) is 5.47. The maximum absolute atomic E-state index is 13.7. The van der Waals surface area contributed by atoms with Crippen LogP contribution in [-0.2, 0) is 14.3 Å². The van der Waals surface area contributed by atoms with E-state index < -0.39 is 11.9 Å². The van der Waals surface area contributed by atoms with E-state index in [2.05, 4.69) is 17.4 Å². The van der Waals surface area contributed by atoms with Crippen molar-refractivity contribution < 1.29 is 18.7 Å². The molecule has 7 heteroatoms. The molecule has 1 aliphatic carbocycles. The smallest absolute Gasteiger partial charge is 0.336 e. The van der Waals surface area contributed by atoms with Gasteiger partial charge in [0.2, 0.25) is 0 Å². The van der Waals surface area contributed by atoms with Crippen molar-refractivity contribution in [2.45, 2.75) is 38.5 Å². The number of carbonyl (C=O) groups excluding carboxylic acids is 2. The average Bonchev–Trinajstić information content (AvgIpc) is 2.88. The number of rotatable bonds is 4. The van der Waals surface area contributed by atoms with Crippen LogP contribution in [-0.4, -0.2) is 33.0 Å². The standard InChI is InChI=1S/C30H30N2O5/c1-16-6-11-25-21(12-16)29(34)22(15-37-25)27-26(30(35)36-5)17(2)31-23-13-19(14-24(33)28(23)27)18-7-9-20(10-8-18)32(3)4/h6-12,15,19,27,31H,13-14H2,1-5H3/t19-,27+/m1/s1. The van der Waals surface area contributed by atoms with Crippen molar-refractivity contribution in [2.75, 3.05) is 26.1 Å². The number of ketones is 1. The fourth-order valence-electron chi connectivity index (χ4n) is 5.47. The molecule has 2 aliphatic rings. The molecule has 0 saturated heterocycles. The summed E-state index contributed by atoms with van der Waals surface area (Å²) in [7, 11) is 5.27. The Balaban J connectivity index is 1.64. The summed E-state index contributed by atoms with van der Waals surface area (Å²) in [6, 6.07) is 13.6. The third-order valence-electron chi connectivity index (χ3n) is 7.38. The van der Waals surface area contributed by atoms with E-state index >= 15 is 0 Å². The Morgan fingerprint density at radius 1 is 1.05 bits per heavy atom. The van der Waals surface area contributed by atoms with E-state index in [1.54, 1.807) is 19.1 Å².